The summed E-state index contributed by atoms with van der Waals surface area (Å²) in [5, 5.41) is 2.50. The number of ether oxygens (including phenoxy) is 2. The maximum Gasteiger partial charge on any atom is 0.334 e. The molecule has 1 aliphatic heterocycles. The van der Waals surface area contributed by atoms with Gasteiger partial charge in [-0.2, -0.15) is 0 Å². The van der Waals surface area contributed by atoms with Crippen molar-refractivity contribution < 1.29 is 18.7 Å². The van der Waals surface area contributed by atoms with Crippen LogP contribution in [0.1, 0.15) is 47.0 Å². The lowest BCUT2D eigenvalue weighted by Gasteiger charge is -2.43. The monoisotopic (exact) mass is 440 g/mol. The highest BCUT2D eigenvalue weighted by molar-refractivity contribution is 6.99. The molecule has 3 atom stereocenters. The standard InChI is InChI=1S/C26H36O4Si/c1-20-16-17-24(25(27)28-5)30-23(20)18-19-29-31(26(2,3)4,21-12-8-6-9-13-21)22-14-10-7-11-15-22/h6-15,20,23-24H,16-19H2,1-5H3/t20-,23+,24+/m1/s1. The number of hydrogen-bond acceptors (Lipinski definition) is 4. The molecule has 0 bridgehead atoms. The summed E-state index contributed by atoms with van der Waals surface area (Å²) >= 11 is 0. The van der Waals surface area contributed by atoms with E-state index in [-0.39, 0.29) is 17.1 Å². The highest BCUT2D eigenvalue weighted by atomic mass is 28.4. The fraction of sp³-hybridized carbons (Fsp3) is 0.500. The highest BCUT2D eigenvalue weighted by Gasteiger charge is 2.50. The van der Waals surface area contributed by atoms with E-state index in [1.807, 2.05) is 0 Å². The van der Waals surface area contributed by atoms with Gasteiger partial charge >= 0.3 is 5.97 Å². The largest absolute Gasteiger partial charge is 0.467 e. The van der Waals surface area contributed by atoms with Crippen molar-refractivity contribution in [1.82, 2.24) is 0 Å². The van der Waals surface area contributed by atoms with E-state index in [0.29, 0.717) is 12.5 Å². The number of methoxy groups -OCH3 is 1. The van der Waals surface area contributed by atoms with Crippen molar-refractivity contribution in [3.63, 3.8) is 0 Å². The second-order valence-corrected chi connectivity index (χ2v) is 13.8. The van der Waals surface area contributed by atoms with Crippen LogP contribution in [0.2, 0.25) is 5.04 Å². The average Bonchev–Trinajstić information content (AvgIpc) is 2.77. The number of rotatable bonds is 7. The molecule has 0 unspecified atom stereocenters. The van der Waals surface area contributed by atoms with Crippen LogP contribution in [0.3, 0.4) is 0 Å². The van der Waals surface area contributed by atoms with Gasteiger partial charge in [-0.15, -0.1) is 0 Å². The molecule has 0 amide bonds. The van der Waals surface area contributed by atoms with Crippen LogP contribution in [-0.2, 0) is 18.7 Å². The Kier molecular flexibility index (Phi) is 7.73. The van der Waals surface area contributed by atoms with Crippen molar-refractivity contribution in [2.75, 3.05) is 13.7 Å². The third-order valence-electron chi connectivity index (χ3n) is 6.46. The minimum atomic E-state index is -2.55. The summed E-state index contributed by atoms with van der Waals surface area (Å²) in [4.78, 5) is 12.0. The molecule has 0 aliphatic carbocycles. The molecule has 4 nitrogen and oxygen atoms in total. The molecule has 1 heterocycles. The third-order valence-corrected chi connectivity index (χ3v) is 11.5. The van der Waals surface area contributed by atoms with Crippen molar-refractivity contribution in [2.45, 2.75) is 64.2 Å². The number of hydrogen-bond donors (Lipinski definition) is 0. The summed E-state index contributed by atoms with van der Waals surface area (Å²) in [5.74, 6) is 0.119. The molecule has 5 heteroatoms. The van der Waals surface area contributed by atoms with Gasteiger partial charge in [-0.05, 0) is 40.6 Å². The fourth-order valence-electron chi connectivity index (χ4n) is 4.76. The van der Waals surface area contributed by atoms with E-state index in [1.54, 1.807) is 0 Å². The Morgan fingerprint density at radius 3 is 2.03 bits per heavy atom. The molecule has 0 saturated carbocycles. The molecule has 2 aromatic rings. The molecule has 1 aliphatic rings. The Morgan fingerprint density at radius 2 is 1.55 bits per heavy atom. The Balaban J connectivity index is 1.85. The van der Waals surface area contributed by atoms with Crippen LogP contribution < -0.4 is 10.4 Å². The summed E-state index contributed by atoms with van der Waals surface area (Å²) in [5.41, 5.74) is 0. The zero-order valence-corrected chi connectivity index (χ0v) is 20.5. The number of esters is 1. The lowest BCUT2D eigenvalue weighted by molar-refractivity contribution is -0.167. The summed E-state index contributed by atoms with van der Waals surface area (Å²) < 4.78 is 18.0. The Hall–Kier alpha value is -1.95. The van der Waals surface area contributed by atoms with E-state index in [2.05, 4.69) is 88.4 Å². The van der Waals surface area contributed by atoms with Crippen LogP contribution in [0, 0.1) is 5.92 Å². The quantitative estimate of drug-likeness (QED) is 0.475. The average molecular weight is 441 g/mol. The van der Waals surface area contributed by atoms with Crippen molar-refractivity contribution in [3.8, 4) is 0 Å². The van der Waals surface area contributed by atoms with Gasteiger partial charge in [0.1, 0.15) is 0 Å². The Bertz CT molecular complexity index is 792. The van der Waals surface area contributed by atoms with E-state index in [4.69, 9.17) is 13.9 Å². The van der Waals surface area contributed by atoms with Gasteiger partial charge in [0, 0.05) is 6.61 Å². The number of benzene rings is 2. The summed E-state index contributed by atoms with van der Waals surface area (Å²) in [7, 11) is -1.13. The first-order valence-electron chi connectivity index (χ1n) is 11.3. The lowest BCUT2D eigenvalue weighted by atomic mass is 9.91. The van der Waals surface area contributed by atoms with Crippen molar-refractivity contribution in [3.05, 3.63) is 60.7 Å². The predicted molar refractivity (Wildman–Crippen MR) is 127 cm³/mol. The van der Waals surface area contributed by atoms with Gasteiger partial charge in [0.2, 0.25) is 0 Å². The summed E-state index contributed by atoms with van der Waals surface area (Å²) in [6.45, 7) is 9.64. The molecule has 2 aromatic carbocycles. The minimum absolute atomic E-state index is 0.00364. The van der Waals surface area contributed by atoms with Crippen LogP contribution in [0.15, 0.2) is 60.7 Å². The van der Waals surface area contributed by atoms with Gasteiger partial charge in [-0.1, -0.05) is 88.4 Å². The van der Waals surface area contributed by atoms with Gasteiger partial charge in [0.05, 0.1) is 13.2 Å². The molecule has 1 saturated heterocycles. The fourth-order valence-corrected chi connectivity index (χ4v) is 9.34. The first kappa shape index (κ1) is 23.7. The third kappa shape index (κ3) is 5.11. The molecule has 1 fully saturated rings. The summed E-state index contributed by atoms with van der Waals surface area (Å²) in [6.07, 6.45) is 1.98. The van der Waals surface area contributed by atoms with E-state index in [0.717, 1.165) is 19.3 Å². The van der Waals surface area contributed by atoms with Crippen LogP contribution in [0.5, 0.6) is 0 Å². The molecule has 0 aromatic heterocycles. The van der Waals surface area contributed by atoms with E-state index < -0.39 is 14.4 Å². The van der Waals surface area contributed by atoms with Crippen molar-refractivity contribution in [1.29, 1.82) is 0 Å². The van der Waals surface area contributed by atoms with Gasteiger partial charge in [-0.25, -0.2) is 4.79 Å². The Labute approximate surface area is 188 Å². The molecule has 0 N–H and O–H groups in total. The molecular weight excluding hydrogens is 404 g/mol. The SMILES string of the molecule is COC(=O)[C@@H]1CC[C@@H](C)[C@H](CCO[Si](c2ccccc2)(c2ccccc2)C(C)(C)C)O1. The normalized spacial score (nSPS) is 22.2. The maximum absolute atomic E-state index is 12.0. The smallest absolute Gasteiger partial charge is 0.334 e. The van der Waals surface area contributed by atoms with E-state index in [1.165, 1.54) is 17.5 Å². The molecule has 0 spiro atoms. The van der Waals surface area contributed by atoms with E-state index >= 15 is 0 Å². The maximum atomic E-state index is 12.0. The summed E-state index contributed by atoms with van der Waals surface area (Å²) in [6, 6.07) is 21.3. The molecular formula is C26H36O4Si. The minimum Gasteiger partial charge on any atom is -0.467 e. The molecule has 31 heavy (non-hydrogen) atoms. The van der Waals surface area contributed by atoms with Crippen LogP contribution in [-0.4, -0.2) is 40.2 Å². The number of carbonyl (C=O) groups excluding carboxylic acids is 1. The second kappa shape index (κ2) is 10.1. The van der Waals surface area contributed by atoms with Gasteiger partial charge in [0.25, 0.3) is 8.32 Å². The molecule has 168 valence electrons. The topological polar surface area (TPSA) is 44.8 Å². The molecule has 3 rings (SSSR count). The van der Waals surface area contributed by atoms with E-state index in [9.17, 15) is 4.79 Å². The second-order valence-electron chi connectivity index (χ2n) is 9.54. The lowest BCUT2D eigenvalue weighted by Crippen LogP contribution is -2.66. The van der Waals surface area contributed by atoms with Crippen LogP contribution >= 0.6 is 0 Å². The Morgan fingerprint density at radius 1 is 1.00 bits per heavy atom. The van der Waals surface area contributed by atoms with Crippen molar-refractivity contribution >= 4 is 24.7 Å². The first-order chi connectivity index (χ1) is 14.8. The molecule has 0 radical (unpaired) electrons. The van der Waals surface area contributed by atoms with Gasteiger partial charge < -0.3 is 13.9 Å². The zero-order chi connectivity index (χ0) is 22.5. The highest BCUT2D eigenvalue weighted by Crippen LogP contribution is 2.37. The van der Waals surface area contributed by atoms with Crippen molar-refractivity contribution in [2.24, 2.45) is 5.92 Å². The first-order valence-corrected chi connectivity index (χ1v) is 13.2. The van der Waals surface area contributed by atoms with Gasteiger partial charge in [-0.3, -0.25) is 0 Å². The van der Waals surface area contributed by atoms with Crippen LogP contribution in [0.4, 0.5) is 0 Å². The van der Waals surface area contributed by atoms with Gasteiger partial charge in [0.15, 0.2) is 6.10 Å². The predicted octanol–water partition coefficient (Wildman–Crippen LogP) is 4.31. The van der Waals surface area contributed by atoms with Crippen LogP contribution in [0.25, 0.3) is 0 Å². The number of carbonyl (C=O) groups is 1. The zero-order valence-electron chi connectivity index (χ0n) is 19.5.